The first-order valence-corrected chi connectivity index (χ1v) is 7.91. The maximum Gasteiger partial charge on any atom is 0.306 e. The van der Waals surface area contributed by atoms with E-state index in [1.807, 2.05) is 6.92 Å². The molecule has 1 aromatic carbocycles. The third-order valence-electron chi connectivity index (χ3n) is 3.99. The van der Waals surface area contributed by atoms with Gasteiger partial charge >= 0.3 is 5.97 Å². The molecule has 0 aromatic heterocycles. The molecule has 3 heteroatoms. The van der Waals surface area contributed by atoms with Crippen molar-refractivity contribution in [1.29, 1.82) is 5.26 Å². The number of nitriles is 1. The van der Waals surface area contributed by atoms with E-state index < -0.39 is 0 Å². The van der Waals surface area contributed by atoms with Crippen molar-refractivity contribution in [2.24, 2.45) is 5.41 Å². The normalized spacial score (nSPS) is 12.5. The molecule has 0 saturated carbocycles. The Hall–Kier alpha value is -1.82. The number of rotatable bonds is 7. The van der Waals surface area contributed by atoms with Crippen molar-refractivity contribution < 1.29 is 9.53 Å². The lowest BCUT2D eigenvalue weighted by Crippen LogP contribution is -2.20. The van der Waals surface area contributed by atoms with Gasteiger partial charge in [-0.25, -0.2) is 0 Å². The van der Waals surface area contributed by atoms with Crippen LogP contribution in [-0.2, 0) is 9.53 Å². The summed E-state index contributed by atoms with van der Waals surface area (Å²) in [5.74, 6) is -0.283. The van der Waals surface area contributed by atoms with Crippen molar-refractivity contribution in [2.75, 3.05) is 6.61 Å². The number of hydrogen-bond donors (Lipinski definition) is 0. The molecule has 22 heavy (non-hydrogen) atoms. The van der Waals surface area contributed by atoms with Crippen LogP contribution in [0.4, 0.5) is 0 Å². The van der Waals surface area contributed by atoms with Crippen LogP contribution in [0.1, 0.15) is 62.6 Å². The van der Waals surface area contributed by atoms with E-state index in [2.05, 4.69) is 52.0 Å². The lowest BCUT2D eigenvalue weighted by molar-refractivity contribution is -0.145. The van der Waals surface area contributed by atoms with Crippen LogP contribution in [-0.4, -0.2) is 12.6 Å². The van der Waals surface area contributed by atoms with Crippen LogP contribution >= 0.6 is 0 Å². The zero-order valence-electron chi connectivity index (χ0n) is 14.4. The Morgan fingerprint density at radius 3 is 2.59 bits per heavy atom. The second-order valence-electron chi connectivity index (χ2n) is 6.73. The molecule has 0 fully saturated rings. The van der Waals surface area contributed by atoms with Gasteiger partial charge in [0.2, 0.25) is 0 Å². The van der Waals surface area contributed by atoms with Crippen LogP contribution in [0.2, 0.25) is 0 Å². The smallest absolute Gasteiger partial charge is 0.306 e. The summed E-state index contributed by atoms with van der Waals surface area (Å²) in [6, 6.07) is 8.63. The number of aryl methyl sites for hydroxylation is 2. The van der Waals surface area contributed by atoms with Gasteiger partial charge in [0.1, 0.15) is 0 Å². The second kappa shape index (κ2) is 7.98. The summed E-state index contributed by atoms with van der Waals surface area (Å²) in [7, 11) is 0. The van der Waals surface area contributed by atoms with Crippen molar-refractivity contribution in [3.63, 3.8) is 0 Å². The summed E-state index contributed by atoms with van der Waals surface area (Å²) in [6.45, 7) is 10.5. The Balaban J connectivity index is 2.71. The maximum absolute atomic E-state index is 11.6. The Morgan fingerprint density at radius 1 is 1.36 bits per heavy atom. The van der Waals surface area contributed by atoms with Crippen molar-refractivity contribution >= 4 is 5.97 Å². The summed E-state index contributed by atoms with van der Waals surface area (Å²) in [5, 5.41) is 9.49. The topological polar surface area (TPSA) is 50.1 Å². The first-order valence-electron chi connectivity index (χ1n) is 7.91. The molecule has 1 rings (SSSR count). The fourth-order valence-corrected chi connectivity index (χ4v) is 2.73. The molecule has 0 radical (unpaired) electrons. The zero-order valence-corrected chi connectivity index (χ0v) is 14.4. The van der Waals surface area contributed by atoms with Gasteiger partial charge in [0.25, 0.3) is 0 Å². The lowest BCUT2D eigenvalue weighted by Gasteiger charge is -2.25. The number of carbonyl (C=O) groups excluding carboxylic acids is 1. The maximum atomic E-state index is 11.6. The summed E-state index contributed by atoms with van der Waals surface area (Å²) in [5.41, 5.74) is 3.32. The Kier molecular flexibility index (Phi) is 6.61. The minimum atomic E-state index is -0.160. The van der Waals surface area contributed by atoms with Gasteiger partial charge in [-0.05, 0) is 50.2 Å². The summed E-state index contributed by atoms with van der Waals surface area (Å²) in [6.07, 6.45) is 1.97. The third-order valence-corrected chi connectivity index (χ3v) is 3.99. The van der Waals surface area contributed by atoms with Crippen LogP contribution in [0.25, 0.3) is 0 Å². The molecule has 0 aliphatic heterocycles. The standard InChI is InChI=1S/C19H27NO2/c1-6-22-18(21)12-19(4,5)10-9-16(13-20)17-8-7-14(2)11-15(17)3/h7-8,11,16H,6,9-10,12H2,1-5H3. The second-order valence-corrected chi connectivity index (χ2v) is 6.73. The van der Waals surface area contributed by atoms with E-state index in [0.29, 0.717) is 13.0 Å². The lowest BCUT2D eigenvalue weighted by atomic mass is 9.80. The highest BCUT2D eigenvalue weighted by Crippen LogP contribution is 2.33. The van der Waals surface area contributed by atoms with Crippen LogP contribution in [0, 0.1) is 30.6 Å². The quantitative estimate of drug-likeness (QED) is 0.688. The van der Waals surface area contributed by atoms with Crippen molar-refractivity contribution in [3.05, 3.63) is 34.9 Å². The molecule has 0 heterocycles. The van der Waals surface area contributed by atoms with E-state index in [-0.39, 0.29) is 17.3 Å². The number of carbonyl (C=O) groups is 1. The van der Waals surface area contributed by atoms with Gasteiger partial charge in [-0.3, -0.25) is 4.79 Å². The number of ether oxygens (including phenoxy) is 1. The van der Waals surface area contributed by atoms with Gasteiger partial charge < -0.3 is 4.74 Å². The van der Waals surface area contributed by atoms with Crippen LogP contribution in [0.5, 0.6) is 0 Å². The predicted octanol–water partition coefficient (Wildman–Crippen LogP) is 4.67. The van der Waals surface area contributed by atoms with Gasteiger partial charge in [-0.1, -0.05) is 37.6 Å². The highest BCUT2D eigenvalue weighted by atomic mass is 16.5. The molecule has 0 amide bonds. The molecule has 120 valence electrons. The average molecular weight is 301 g/mol. The molecule has 0 aliphatic carbocycles. The van der Waals surface area contributed by atoms with Crippen molar-refractivity contribution in [1.82, 2.24) is 0 Å². The number of hydrogen-bond acceptors (Lipinski definition) is 3. The molecule has 1 unspecified atom stereocenters. The SMILES string of the molecule is CCOC(=O)CC(C)(C)CCC(C#N)c1ccc(C)cc1C. The molecule has 3 nitrogen and oxygen atoms in total. The third kappa shape index (κ3) is 5.52. The molecule has 1 atom stereocenters. The van der Waals surface area contributed by atoms with E-state index in [4.69, 9.17) is 4.74 Å². The summed E-state index contributed by atoms with van der Waals surface area (Å²) in [4.78, 5) is 11.6. The molecular weight excluding hydrogens is 274 g/mol. The van der Waals surface area contributed by atoms with Gasteiger partial charge in [-0.2, -0.15) is 5.26 Å². The van der Waals surface area contributed by atoms with E-state index in [0.717, 1.165) is 24.0 Å². The number of esters is 1. The Morgan fingerprint density at radius 2 is 2.05 bits per heavy atom. The average Bonchev–Trinajstić information content (AvgIpc) is 2.40. The minimum Gasteiger partial charge on any atom is -0.466 e. The van der Waals surface area contributed by atoms with E-state index in [1.54, 1.807) is 0 Å². The number of nitrogens with zero attached hydrogens (tertiary/aromatic N) is 1. The predicted molar refractivity (Wildman–Crippen MR) is 88.5 cm³/mol. The Labute approximate surface area is 134 Å². The highest BCUT2D eigenvalue weighted by Gasteiger charge is 2.25. The fraction of sp³-hybridized carbons (Fsp3) is 0.579. The summed E-state index contributed by atoms with van der Waals surface area (Å²) < 4.78 is 5.02. The van der Waals surface area contributed by atoms with Gasteiger partial charge in [0.05, 0.1) is 25.0 Å². The molecule has 1 aromatic rings. The molecule has 0 aliphatic rings. The van der Waals surface area contributed by atoms with Gasteiger partial charge in [0, 0.05) is 0 Å². The van der Waals surface area contributed by atoms with Gasteiger partial charge in [0.15, 0.2) is 0 Å². The van der Waals surface area contributed by atoms with E-state index in [9.17, 15) is 10.1 Å². The molecule has 0 saturated heterocycles. The monoisotopic (exact) mass is 301 g/mol. The number of benzene rings is 1. The Bertz CT molecular complexity index is 555. The largest absolute Gasteiger partial charge is 0.466 e. The molecular formula is C19H27NO2. The first-order chi connectivity index (χ1) is 10.3. The van der Waals surface area contributed by atoms with Crippen molar-refractivity contribution in [2.45, 2.75) is 59.8 Å². The molecule has 0 N–H and O–H groups in total. The fourth-order valence-electron chi connectivity index (χ4n) is 2.73. The van der Waals surface area contributed by atoms with Crippen molar-refractivity contribution in [3.8, 4) is 6.07 Å². The van der Waals surface area contributed by atoms with E-state index in [1.165, 1.54) is 5.56 Å². The van der Waals surface area contributed by atoms with Crippen LogP contribution < -0.4 is 0 Å². The van der Waals surface area contributed by atoms with Crippen LogP contribution in [0.3, 0.4) is 0 Å². The van der Waals surface area contributed by atoms with E-state index >= 15 is 0 Å². The van der Waals surface area contributed by atoms with Crippen LogP contribution in [0.15, 0.2) is 18.2 Å². The molecule has 0 spiro atoms. The zero-order chi connectivity index (χ0) is 16.8. The molecule has 0 bridgehead atoms. The minimum absolute atomic E-state index is 0.123. The first kappa shape index (κ1) is 18.2. The van der Waals surface area contributed by atoms with Gasteiger partial charge in [-0.15, -0.1) is 0 Å². The summed E-state index contributed by atoms with van der Waals surface area (Å²) >= 11 is 0. The highest BCUT2D eigenvalue weighted by molar-refractivity contribution is 5.70.